The molecule has 0 radical (unpaired) electrons. The zero-order valence-corrected chi connectivity index (χ0v) is 11.0. The van der Waals surface area contributed by atoms with E-state index >= 15 is 0 Å². The van der Waals surface area contributed by atoms with Crippen LogP contribution in [0.5, 0.6) is 0 Å². The minimum atomic E-state index is -0.278. The summed E-state index contributed by atoms with van der Waals surface area (Å²) in [4.78, 5) is 2.45. The first-order valence-electron chi connectivity index (χ1n) is 5.98. The number of allylic oxidation sites excluding steroid dienone is 1. The SMILES string of the molecule is C[C@H]1C=CC(Sc2ccccc2)=C[C@H](C)[C@H]1O. The van der Waals surface area contributed by atoms with E-state index in [1.807, 2.05) is 18.2 Å². The summed E-state index contributed by atoms with van der Waals surface area (Å²) in [7, 11) is 0. The Bertz CT molecular complexity index is 422. The van der Waals surface area contributed by atoms with Crippen molar-refractivity contribution < 1.29 is 5.11 Å². The summed E-state index contributed by atoms with van der Waals surface area (Å²) >= 11 is 1.75. The summed E-state index contributed by atoms with van der Waals surface area (Å²) in [6.45, 7) is 4.13. The third-order valence-electron chi connectivity index (χ3n) is 3.05. The fraction of sp³-hybridized carbons (Fsp3) is 0.333. The van der Waals surface area contributed by atoms with Crippen molar-refractivity contribution in [3.8, 4) is 0 Å². The monoisotopic (exact) mass is 246 g/mol. The van der Waals surface area contributed by atoms with Gasteiger partial charge in [0, 0.05) is 21.6 Å². The van der Waals surface area contributed by atoms with E-state index in [4.69, 9.17) is 0 Å². The van der Waals surface area contributed by atoms with Gasteiger partial charge in [-0.25, -0.2) is 0 Å². The molecule has 0 bridgehead atoms. The van der Waals surface area contributed by atoms with Crippen LogP contribution < -0.4 is 0 Å². The molecule has 0 saturated carbocycles. The molecule has 90 valence electrons. The molecule has 1 N–H and O–H groups in total. The average Bonchev–Trinajstić information content (AvgIpc) is 2.45. The summed E-state index contributed by atoms with van der Waals surface area (Å²) in [6, 6.07) is 10.3. The van der Waals surface area contributed by atoms with Gasteiger partial charge in [0.15, 0.2) is 0 Å². The molecule has 0 heterocycles. The fourth-order valence-corrected chi connectivity index (χ4v) is 2.94. The number of hydrogen-bond acceptors (Lipinski definition) is 2. The molecule has 2 rings (SSSR count). The third-order valence-corrected chi connectivity index (χ3v) is 4.06. The second-order valence-electron chi connectivity index (χ2n) is 4.55. The van der Waals surface area contributed by atoms with Crippen LogP contribution in [0.2, 0.25) is 0 Å². The third kappa shape index (κ3) is 3.24. The van der Waals surface area contributed by atoms with Crippen LogP contribution in [0, 0.1) is 11.8 Å². The highest BCUT2D eigenvalue weighted by Gasteiger charge is 2.20. The molecule has 1 nitrogen and oxygen atoms in total. The van der Waals surface area contributed by atoms with E-state index in [0.29, 0.717) is 0 Å². The number of hydrogen-bond donors (Lipinski definition) is 1. The van der Waals surface area contributed by atoms with E-state index in [9.17, 15) is 5.11 Å². The van der Waals surface area contributed by atoms with Gasteiger partial charge in [-0.2, -0.15) is 0 Å². The maximum Gasteiger partial charge on any atom is 0.0660 e. The van der Waals surface area contributed by atoms with Gasteiger partial charge in [-0.15, -0.1) is 0 Å². The van der Waals surface area contributed by atoms with Crippen LogP contribution in [0.4, 0.5) is 0 Å². The minimum Gasteiger partial charge on any atom is -0.392 e. The molecule has 0 amide bonds. The normalized spacial score (nSPS) is 28.6. The van der Waals surface area contributed by atoms with E-state index in [1.165, 1.54) is 9.80 Å². The predicted molar refractivity (Wildman–Crippen MR) is 73.9 cm³/mol. The number of benzene rings is 1. The zero-order valence-electron chi connectivity index (χ0n) is 10.2. The Labute approximate surface area is 107 Å². The van der Waals surface area contributed by atoms with Gasteiger partial charge in [-0.05, 0) is 12.1 Å². The molecule has 1 aliphatic carbocycles. The Morgan fingerprint density at radius 2 is 1.76 bits per heavy atom. The first kappa shape index (κ1) is 12.5. The summed E-state index contributed by atoms with van der Waals surface area (Å²) in [5.74, 6) is 0.418. The van der Waals surface area contributed by atoms with Crippen molar-refractivity contribution in [2.45, 2.75) is 24.8 Å². The van der Waals surface area contributed by atoms with Crippen molar-refractivity contribution in [3.63, 3.8) is 0 Å². The second-order valence-corrected chi connectivity index (χ2v) is 5.70. The van der Waals surface area contributed by atoms with Crippen LogP contribution in [0.1, 0.15) is 13.8 Å². The Kier molecular flexibility index (Phi) is 4.08. The van der Waals surface area contributed by atoms with Crippen molar-refractivity contribution in [1.82, 2.24) is 0 Å². The van der Waals surface area contributed by atoms with Crippen LogP contribution in [-0.4, -0.2) is 11.2 Å². The second kappa shape index (κ2) is 5.56. The van der Waals surface area contributed by atoms with Gasteiger partial charge >= 0.3 is 0 Å². The zero-order chi connectivity index (χ0) is 12.3. The molecule has 0 aliphatic heterocycles. The number of aliphatic hydroxyl groups is 1. The van der Waals surface area contributed by atoms with Crippen molar-refractivity contribution in [3.05, 3.63) is 53.5 Å². The largest absolute Gasteiger partial charge is 0.392 e. The van der Waals surface area contributed by atoms with Crippen LogP contribution >= 0.6 is 11.8 Å². The van der Waals surface area contributed by atoms with E-state index in [2.05, 4.69) is 44.2 Å². The van der Waals surface area contributed by atoms with Gasteiger partial charge in [0.1, 0.15) is 0 Å². The fourth-order valence-electron chi connectivity index (χ4n) is 1.95. The Morgan fingerprint density at radius 1 is 1.06 bits per heavy atom. The Hall–Kier alpha value is -0.990. The lowest BCUT2D eigenvalue weighted by Crippen LogP contribution is -2.22. The lowest BCUT2D eigenvalue weighted by molar-refractivity contribution is 0.103. The molecular weight excluding hydrogens is 228 g/mol. The molecule has 17 heavy (non-hydrogen) atoms. The highest BCUT2D eigenvalue weighted by molar-refractivity contribution is 8.03. The Balaban J connectivity index is 2.16. The lowest BCUT2D eigenvalue weighted by atomic mass is 9.95. The van der Waals surface area contributed by atoms with Gasteiger partial charge in [0.25, 0.3) is 0 Å². The molecule has 0 saturated heterocycles. The smallest absolute Gasteiger partial charge is 0.0660 e. The van der Waals surface area contributed by atoms with Crippen LogP contribution in [0.3, 0.4) is 0 Å². The van der Waals surface area contributed by atoms with Gasteiger partial charge in [-0.3, -0.25) is 0 Å². The standard InChI is InChI=1S/C15H18OS/c1-11-8-9-14(10-12(2)15(11)16)17-13-6-4-3-5-7-13/h3-12,15-16H,1-2H3/t11-,12-,15-/m0/s1. The molecule has 0 fully saturated rings. The van der Waals surface area contributed by atoms with Crippen LogP contribution in [0.15, 0.2) is 58.4 Å². The quantitative estimate of drug-likeness (QED) is 0.855. The topological polar surface area (TPSA) is 20.2 Å². The highest BCUT2D eigenvalue weighted by atomic mass is 32.2. The van der Waals surface area contributed by atoms with Gasteiger partial charge in [0.2, 0.25) is 0 Å². The molecule has 1 aliphatic rings. The number of rotatable bonds is 2. The minimum absolute atomic E-state index is 0.200. The Morgan fingerprint density at radius 3 is 2.47 bits per heavy atom. The van der Waals surface area contributed by atoms with Gasteiger partial charge in [0.05, 0.1) is 6.10 Å². The summed E-state index contributed by atoms with van der Waals surface area (Å²) in [6.07, 6.45) is 6.09. The highest BCUT2D eigenvalue weighted by Crippen LogP contribution is 2.32. The van der Waals surface area contributed by atoms with E-state index in [1.54, 1.807) is 11.8 Å². The number of thioether (sulfide) groups is 1. The van der Waals surface area contributed by atoms with E-state index < -0.39 is 0 Å². The van der Waals surface area contributed by atoms with E-state index in [-0.39, 0.29) is 17.9 Å². The summed E-state index contributed by atoms with van der Waals surface area (Å²) < 4.78 is 0. The van der Waals surface area contributed by atoms with Crippen molar-refractivity contribution in [1.29, 1.82) is 0 Å². The average molecular weight is 246 g/mol. The van der Waals surface area contributed by atoms with Crippen molar-refractivity contribution in [2.75, 3.05) is 0 Å². The first-order chi connectivity index (χ1) is 8.16. The van der Waals surface area contributed by atoms with Crippen molar-refractivity contribution in [2.24, 2.45) is 11.8 Å². The molecule has 0 spiro atoms. The van der Waals surface area contributed by atoms with Crippen molar-refractivity contribution >= 4 is 11.8 Å². The molecular formula is C15H18OS. The van der Waals surface area contributed by atoms with E-state index in [0.717, 1.165) is 0 Å². The summed E-state index contributed by atoms with van der Waals surface area (Å²) in [5, 5.41) is 10.0. The van der Waals surface area contributed by atoms with Crippen LogP contribution in [-0.2, 0) is 0 Å². The first-order valence-corrected chi connectivity index (χ1v) is 6.79. The molecule has 1 aromatic rings. The molecule has 3 atom stereocenters. The number of aliphatic hydroxyl groups excluding tert-OH is 1. The summed E-state index contributed by atoms with van der Waals surface area (Å²) in [5.41, 5.74) is 0. The van der Waals surface area contributed by atoms with Gasteiger partial charge in [-0.1, -0.05) is 62.0 Å². The van der Waals surface area contributed by atoms with Crippen LogP contribution in [0.25, 0.3) is 0 Å². The maximum absolute atomic E-state index is 10.0. The molecule has 0 aromatic heterocycles. The molecule has 1 aromatic carbocycles. The molecule has 2 heteroatoms. The lowest BCUT2D eigenvalue weighted by Gasteiger charge is -2.18. The van der Waals surface area contributed by atoms with Gasteiger partial charge < -0.3 is 5.11 Å². The molecule has 0 unspecified atom stereocenters. The predicted octanol–water partition coefficient (Wildman–Crippen LogP) is 3.87. The maximum atomic E-state index is 10.0.